The number of aryl methyl sites for hydroxylation is 1. The fourth-order valence-electron chi connectivity index (χ4n) is 12.7. The van der Waals surface area contributed by atoms with Gasteiger partial charge in [-0.1, -0.05) is 24.3 Å². The van der Waals surface area contributed by atoms with Crippen LogP contribution in [-0.2, 0) is 14.8 Å². The van der Waals surface area contributed by atoms with E-state index in [-0.39, 0.29) is 34.7 Å². The van der Waals surface area contributed by atoms with Crippen LogP contribution in [0, 0.1) is 28.4 Å². The first kappa shape index (κ1) is 48.5. The standard InChI is InChI=1S/C54H66N8O9S/c1-34-6-4-5-7-40(34)47-31-53(3,65)18-24-60(47)38-29-54(30-38)19-22-59(23-20-54)37-8-10-41(44(27-37)61-43-15-25-70-33-48(43)71-51-46(61)26-36-14-21-55-49(36)57-51)50(63)58-72(68,69)39-9-11-42(45(28-39)62(66)67)56-32-35-12-16-52(2,64)17-13-35/h4-11,14,21,26-28,35,38,43,47-48,56,64-65H,12-13,15-20,22-25,29-33H2,1-3H3,(H,55,57)(H,58,63)/t35?,43-,47+,48-,52?,53-/m0/s1. The summed E-state index contributed by atoms with van der Waals surface area (Å²) in [5, 5.41) is 38.0. The molecule has 4 atom stereocenters. The predicted molar refractivity (Wildman–Crippen MR) is 275 cm³/mol. The highest BCUT2D eigenvalue weighted by atomic mass is 32.2. The number of pyridine rings is 1. The summed E-state index contributed by atoms with van der Waals surface area (Å²) in [5.41, 5.74) is 3.86. The number of hydrogen-bond donors (Lipinski definition) is 5. The smallest absolute Gasteiger partial charge is 0.293 e. The highest BCUT2D eigenvalue weighted by molar-refractivity contribution is 7.90. The summed E-state index contributed by atoms with van der Waals surface area (Å²) >= 11 is 0. The van der Waals surface area contributed by atoms with Crippen molar-refractivity contribution >= 4 is 55.4 Å². The number of H-pyrrole nitrogens is 1. The van der Waals surface area contributed by atoms with E-state index in [4.69, 9.17) is 14.5 Å². The number of aromatic nitrogens is 2. The lowest BCUT2D eigenvalue weighted by Gasteiger charge is -2.58. The van der Waals surface area contributed by atoms with Gasteiger partial charge >= 0.3 is 0 Å². The van der Waals surface area contributed by atoms with E-state index in [1.54, 1.807) is 12.3 Å². The van der Waals surface area contributed by atoms with E-state index in [1.165, 1.54) is 23.3 Å². The SMILES string of the molecule is Cc1ccccc1[C@H]1C[C@@](C)(O)CCN1C1CC2(CCN(c3ccc(C(=O)NS(=O)(=O)c4ccc(NCC5CCC(C)(O)CC5)c([N+](=O)[O-])c4)c(N4c5cc6cc[nH]c6nc5O[C@H]5COCC[C@@H]54)c3)CC2)C1. The zero-order chi connectivity index (χ0) is 50.2. The van der Waals surface area contributed by atoms with Gasteiger partial charge in [-0.3, -0.25) is 19.8 Å². The van der Waals surface area contributed by atoms with Crippen molar-refractivity contribution in [2.24, 2.45) is 11.3 Å². The molecule has 11 rings (SSSR count). The monoisotopic (exact) mass is 1000 g/mol. The number of nitrogens with one attached hydrogen (secondary N) is 3. The quantitative estimate of drug-likeness (QED) is 0.0622. The Balaban J connectivity index is 0.866. The van der Waals surface area contributed by atoms with Gasteiger partial charge in [0, 0.05) is 68.2 Å². The van der Waals surface area contributed by atoms with Gasteiger partial charge in [-0.15, -0.1) is 0 Å². The molecule has 72 heavy (non-hydrogen) atoms. The molecule has 2 aromatic heterocycles. The molecule has 1 amide bonds. The predicted octanol–water partition coefficient (Wildman–Crippen LogP) is 8.28. The molecular formula is C54H66N8O9S. The minimum absolute atomic E-state index is 0.104. The fourth-order valence-corrected chi connectivity index (χ4v) is 13.7. The number of rotatable bonds is 11. The van der Waals surface area contributed by atoms with Crippen LogP contribution < -0.4 is 24.6 Å². The number of fused-ring (bicyclic) bond motifs is 3. The molecule has 17 nitrogen and oxygen atoms in total. The van der Waals surface area contributed by atoms with Crippen LogP contribution in [0.5, 0.6) is 5.88 Å². The van der Waals surface area contributed by atoms with Crippen LogP contribution >= 0.6 is 0 Å². The van der Waals surface area contributed by atoms with Crippen molar-refractivity contribution in [1.29, 1.82) is 0 Å². The van der Waals surface area contributed by atoms with Crippen molar-refractivity contribution < 1.29 is 37.8 Å². The Labute approximate surface area is 420 Å². The molecule has 2 aliphatic carbocycles. The van der Waals surface area contributed by atoms with Crippen LogP contribution in [0.15, 0.2) is 83.9 Å². The maximum Gasteiger partial charge on any atom is 0.293 e. The van der Waals surface area contributed by atoms with Gasteiger partial charge in [0.15, 0.2) is 0 Å². The van der Waals surface area contributed by atoms with E-state index in [0.717, 1.165) is 81.7 Å². The minimum Gasteiger partial charge on any atom is -0.468 e. The molecule has 0 unspecified atom stereocenters. The number of hydrogen-bond acceptors (Lipinski definition) is 14. The molecule has 2 saturated carbocycles. The van der Waals surface area contributed by atoms with Gasteiger partial charge < -0.3 is 39.8 Å². The molecule has 18 heteroatoms. The third-order valence-corrected chi connectivity index (χ3v) is 18.4. The Kier molecular flexibility index (Phi) is 12.5. The van der Waals surface area contributed by atoms with Crippen molar-refractivity contribution in [3.63, 3.8) is 0 Å². The molecule has 5 aromatic rings. The Morgan fingerprint density at radius 2 is 1.69 bits per heavy atom. The van der Waals surface area contributed by atoms with Crippen LogP contribution in [0.2, 0.25) is 0 Å². The summed E-state index contributed by atoms with van der Waals surface area (Å²) in [4.78, 5) is 41.1. The molecule has 6 heterocycles. The van der Waals surface area contributed by atoms with Crippen molar-refractivity contribution in [2.75, 3.05) is 54.5 Å². The number of aliphatic hydroxyl groups is 2. The molecule has 5 N–H and O–H groups in total. The van der Waals surface area contributed by atoms with Gasteiger partial charge in [0.2, 0.25) is 5.88 Å². The number of anilines is 4. The molecule has 5 fully saturated rings. The van der Waals surface area contributed by atoms with Crippen LogP contribution in [0.25, 0.3) is 11.0 Å². The van der Waals surface area contributed by atoms with Gasteiger partial charge in [-0.25, -0.2) is 13.1 Å². The Morgan fingerprint density at radius 1 is 0.917 bits per heavy atom. The molecule has 4 aliphatic heterocycles. The number of carbonyl (C=O) groups excluding carboxylic acids is 1. The Morgan fingerprint density at radius 3 is 2.46 bits per heavy atom. The largest absolute Gasteiger partial charge is 0.468 e. The molecule has 3 saturated heterocycles. The van der Waals surface area contributed by atoms with E-state index in [1.807, 2.05) is 38.1 Å². The zero-order valence-electron chi connectivity index (χ0n) is 41.3. The Bertz CT molecular complexity index is 2990. The second-order valence-corrected chi connectivity index (χ2v) is 23.9. The number of likely N-dealkylation sites (tertiary alicyclic amines) is 1. The van der Waals surface area contributed by atoms with Gasteiger partial charge in [-0.05, 0) is 156 Å². The number of sulfonamides is 1. The van der Waals surface area contributed by atoms with Gasteiger partial charge in [0.05, 0.1) is 44.9 Å². The van der Waals surface area contributed by atoms with Gasteiger partial charge in [-0.2, -0.15) is 4.98 Å². The molecule has 1 spiro atoms. The summed E-state index contributed by atoms with van der Waals surface area (Å²) < 4.78 is 43.0. The van der Waals surface area contributed by atoms with Crippen LogP contribution in [0.3, 0.4) is 0 Å². The zero-order valence-corrected chi connectivity index (χ0v) is 42.1. The molecule has 3 aromatic carbocycles. The summed E-state index contributed by atoms with van der Waals surface area (Å²) in [6.45, 7) is 9.61. The maximum atomic E-state index is 14.7. The highest BCUT2D eigenvalue weighted by Gasteiger charge is 2.51. The van der Waals surface area contributed by atoms with Gasteiger partial charge in [0.25, 0.3) is 21.6 Å². The van der Waals surface area contributed by atoms with E-state index < -0.39 is 48.7 Å². The first-order chi connectivity index (χ1) is 34.4. The number of ether oxygens (including phenoxy) is 2. The molecular weight excluding hydrogens is 937 g/mol. The third-order valence-electron chi connectivity index (χ3n) is 17.0. The maximum absolute atomic E-state index is 14.7. The summed E-state index contributed by atoms with van der Waals surface area (Å²) in [5.74, 6) is -0.333. The lowest BCUT2D eigenvalue weighted by molar-refractivity contribution is -0.384. The second kappa shape index (κ2) is 18.6. The van der Waals surface area contributed by atoms with E-state index in [2.05, 4.69) is 60.9 Å². The Hall–Kier alpha value is -5.79. The number of nitro benzene ring substituents is 1. The lowest BCUT2D eigenvalue weighted by atomic mass is 9.59. The number of carbonyl (C=O) groups is 1. The van der Waals surface area contributed by atoms with E-state index in [9.17, 15) is 33.5 Å². The first-order valence-electron chi connectivity index (χ1n) is 25.7. The number of piperidine rings is 2. The van der Waals surface area contributed by atoms with Gasteiger partial charge in [0.1, 0.15) is 23.1 Å². The van der Waals surface area contributed by atoms with Crippen molar-refractivity contribution in [1.82, 2.24) is 19.6 Å². The number of nitrogens with zero attached hydrogens (tertiary/aromatic N) is 5. The summed E-state index contributed by atoms with van der Waals surface area (Å²) in [6.07, 6.45) is 10.4. The van der Waals surface area contributed by atoms with E-state index >= 15 is 0 Å². The highest BCUT2D eigenvalue weighted by Crippen LogP contribution is 2.55. The topological polar surface area (TPSA) is 216 Å². The van der Waals surface area contributed by atoms with Crippen molar-refractivity contribution in [3.8, 4) is 5.88 Å². The third kappa shape index (κ3) is 9.40. The van der Waals surface area contributed by atoms with Crippen LogP contribution in [0.1, 0.15) is 112 Å². The lowest BCUT2D eigenvalue weighted by Crippen LogP contribution is -2.58. The summed E-state index contributed by atoms with van der Waals surface area (Å²) in [7, 11) is -4.63. The average Bonchev–Trinajstić information content (AvgIpc) is 3.81. The molecule has 0 radical (unpaired) electrons. The minimum atomic E-state index is -4.63. The molecule has 0 bridgehead atoms. The van der Waals surface area contributed by atoms with Crippen LogP contribution in [-0.4, -0.2) is 113 Å². The second-order valence-electron chi connectivity index (χ2n) is 22.2. The summed E-state index contributed by atoms with van der Waals surface area (Å²) in [6, 6.07) is 22.0. The number of aromatic amines is 1. The normalized spacial score (nSPS) is 27.6. The van der Waals surface area contributed by atoms with Crippen molar-refractivity contribution in [2.45, 2.75) is 132 Å². The molecule has 6 aliphatic rings. The average molecular weight is 1000 g/mol. The number of amides is 1. The van der Waals surface area contributed by atoms with Crippen molar-refractivity contribution in [3.05, 3.63) is 106 Å². The van der Waals surface area contributed by atoms with E-state index in [0.29, 0.717) is 74.4 Å². The first-order valence-corrected chi connectivity index (χ1v) is 27.2. The molecule has 382 valence electrons. The fraction of sp³-hybridized carbons (Fsp3) is 0.519. The number of nitro groups is 1. The number of benzene rings is 3. The van der Waals surface area contributed by atoms with Crippen LogP contribution in [0.4, 0.5) is 28.4 Å².